The van der Waals surface area contributed by atoms with Crippen molar-refractivity contribution >= 4 is 5.69 Å². The van der Waals surface area contributed by atoms with Gasteiger partial charge in [0, 0.05) is 30.2 Å². The quantitative estimate of drug-likeness (QED) is 0.865. The summed E-state index contributed by atoms with van der Waals surface area (Å²) < 4.78 is 0. The average molecular weight is 230 g/mol. The molecular weight excluding hydrogens is 208 g/mol. The van der Waals surface area contributed by atoms with Gasteiger partial charge in [-0.3, -0.25) is 0 Å². The zero-order chi connectivity index (χ0) is 11.9. The van der Waals surface area contributed by atoms with Crippen molar-refractivity contribution in [2.75, 3.05) is 18.0 Å². The third-order valence-electron chi connectivity index (χ3n) is 4.55. The number of nitrogens with two attached hydrogens (primary N) is 1. The van der Waals surface area contributed by atoms with Crippen LogP contribution in [0.3, 0.4) is 0 Å². The topological polar surface area (TPSA) is 29.3 Å². The third-order valence-corrected chi connectivity index (χ3v) is 4.55. The van der Waals surface area contributed by atoms with Gasteiger partial charge in [0.25, 0.3) is 0 Å². The maximum Gasteiger partial charge on any atom is 0.0369 e. The molecule has 1 heterocycles. The summed E-state index contributed by atoms with van der Waals surface area (Å²) in [7, 11) is 0. The van der Waals surface area contributed by atoms with E-state index in [1.165, 1.54) is 50.0 Å². The molecule has 1 saturated heterocycles. The summed E-state index contributed by atoms with van der Waals surface area (Å²) in [6.45, 7) is 4.58. The first-order chi connectivity index (χ1) is 8.22. The van der Waals surface area contributed by atoms with Crippen molar-refractivity contribution in [2.24, 2.45) is 5.73 Å². The van der Waals surface area contributed by atoms with E-state index in [1.54, 1.807) is 0 Å². The standard InChI is InChI=1S/C15H22N2/c1-12(16)15(7-8-15)13-5-4-6-14(11-13)17-9-2-3-10-17/h4-6,11-12H,2-3,7-10,16H2,1H3. The van der Waals surface area contributed by atoms with Gasteiger partial charge in [0.15, 0.2) is 0 Å². The molecule has 2 heteroatoms. The fourth-order valence-corrected chi connectivity index (χ4v) is 3.13. The van der Waals surface area contributed by atoms with Crippen molar-refractivity contribution in [2.45, 2.75) is 44.1 Å². The van der Waals surface area contributed by atoms with Crippen molar-refractivity contribution < 1.29 is 0 Å². The fourth-order valence-electron chi connectivity index (χ4n) is 3.13. The number of benzene rings is 1. The van der Waals surface area contributed by atoms with Crippen LogP contribution in [-0.2, 0) is 5.41 Å². The molecule has 0 radical (unpaired) electrons. The highest BCUT2D eigenvalue weighted by Gasteiger charge is 2.47. The lowest BCUT2D eigenvalue weighted by Gasteiger charge is -2.23. The molecule has 3 rings (SSSR count). The van der Waals surface area contributed by atoms with Crippen LogP contribution < -0.4 is 10.6 Å². The van der Waals surface area contributed by atoms with Crippen molar-refractivity contribution in [1.82, 2.24) is 0 Å². The zero-order valence-corrected chi connectivity index (χ0v) is 10.7. The Balaban J connectivity index is 1.89. The molecule has 0 bridgehead atoms. The third kappa shape index (κ3) is 1.85. The minimum atomic E-state index is 0.274. The molecule has 0 amide bonds. The maximum atomic E-state index is 6.15. The van der Waals surface area contributed by atoms with Crippen LogP contribution in [0.25, 0.3) is 0 Å². The van der Waals surface area contributed by atoms with Crippen LogP contribution in [-0.4, -0.2) is 19.1 Å². The Morgan fingerprint density at radius 2 is 1.94 bits per heavy atom. The first kappa shape index (κ1) is 11.1. The Bertz CT molecular complexity index is 401. The van der Waals surface area contributed by atoms with Crippen molar-refractivity contribution in [3.8, 4) is 0 Å². The Morgan fingerprint density at radius 3 is 2.53 bits per heavy atom. The van der Waals surface area contributed by atoms with Crippen LogP contribution in [0, 0.1) is 0 Å². The molecule has 92 valence electrons. The molecule has 1 aliphatic heterocycles. The molecule has 1 aromatic carbocycles. The van der Waals surface area contributed by atoms with Crippen LogP contribution in [0.1, 0.15) is 38.2 Å². The Morgan fingerprint density at radius 1 is 1.24 bits per heavy atom. The smallest absolute Gasteiger partial charge is 0.0369 e. The van der Waals surface area contributed by atoms with E-state index in [0.29, 0.717) is 0 Å². The predicted octanol–water partition coefficient (Wildman–Crippen LogP) is 2.67. The van der Waals surface area contributed by atoms with Gasteiger partial charge in [0.1, 0.15) is 0 Å². The molecule has 2 aliphatic rings. The molecule has 2 fully saturated rings. The first-order valence-corrected chi connectivity index (χ1v) is 6.83. The summed E-state index contributed by atoms with van der Waals surface area (Å²) in [4.78, 5) is 2.50. The van der Waals surface area contributed by atoms with E-state index in [2.05, 4.69) is 36.1 Å². The Hall–Kier alpha value is -1.02. The summed E-state index contributed by atoms with van der Waals surface area (Å²) in [6, 6.07) is 9.35. The monoisotopic (exact) mass is 230 g/mol. The van der Waals surface area contributed by atoms with Crippen molar-refractivity contribution in [3.63, 3.8) is 0 Å². The fraction of sp³-hybridized carbons (Fsp3) is 0.600. The molecule has 1 unspecified atom stereocenters. The van der Waals surface area contributed by atoms with Gasteiger partial charge in [-0.1, -0.05) is 12.1 Å². The molecule has 0 spiro atoms. The number of hydrogen-bond acceptors (Lipinski definition) is 2. The minimum absolute atomic E-state index is 0.274. The van der Waals surface area contributed by atoms with Crippen molar-refractivity contribution in [1.29, 1.82) is 0 Å². The number of hydrogen-bond donors (Lipinski definition) is 1. The molecule has 1 saturated carbocycles. The Kier molecular flexibility index (Phi) is 2.62. The Labute approximate surface area is 104 Å². The summed E-state index contributed by atoms with van der Waals surface area (Å²) in [5, 5.41) is 0. The number of rotatable bonds is 3. The van der Waals surface area contributed by atoms with E-state index < -0.39 is 0 Å². The SMILES string of the molecule is CC(N)C1(c2cccc(N3CCCC3)c2)CC1. The van der Waals surface area contributed by atoms with Crippen LogP contribution in [0.2, 0.25) is 0 Å². The van der Waals surface area contributed by atoms with E-state index in [9.17, 15) is 0 Å². The molecule has 17 heavy (non-hydrogen) atoms. The molecule has 2 nitrogen and oxygen atoms in total. The van der Waals surface area contributed by atoms with Gasteiger partial charge in [-0.25, -0.2) is 0 Å². The highest BCUT2D eigenvalue weighted by atomic mass is 15.1. The van der Waals surface area contributed by atoms with Crippen LogP contribution in [0.5, 0.6) is 0 Å². The van der Waals surface area contributed by atoms with Gasteiger partial charge in [-0.15, -0.1) is 0 Å². The van der Waals surface area contributed by atoms with Crippen LogP contribution >= 0.6 is 0 Å². The predicted molar refractivity (Wildman–Crippen MR) is 72.5 cm³/mol. The van der Waals surface area contributed by atoms with E-state index in [4.69, 9.17) is 5.73 Å². The average Bonchev–Trinajstić information content (AvgIpc) is 2.98. The summed E-state index contributed by atoms with van der Waals surface area (Å²) >= 11 is 0. The molecule has 2 N–H and O–H groups in total. The van der Waals surface area contributed by atoms with Crippen molar-refractivity contribution in [3.05, 3.63) is 29.8 Å². The van der Waals surface area contributed by atoms with Gasteiger partial charge in [0.2, 0.25) is 0 Å². The van der Waals surface area contributed by atoms with E-state index >= 15 is 0 Å². The molecular formula is C15H22N2. The minimum Gasteiger partial charge on any atom is -0.372 e. The summed E-state index contributed by atoms with van der Waals surface area (Å²) in [6.07, 6.45) is 5.19. The van der Waals surface area contributed by atoms with Crippen LogP contribution in [0.15, 0.2) is 24.3 Å². The van der Waals surface area contributed by atoms with E-state index in [1.807, 2.05) is 0 Å². The van der Waals surface area contributed by atoms with Gasteiger partial charge in [-0.05, 0) is 50.3 Å². The second-order valence-electron chi connectivity index (χ2n) is 5.69. The van der Waals surface area contributed by atoms with Gasteiger partial charge in [0.05, 0.1) is 0 Å². The molecule has 1 aromatic rings. The van der Waals surface area contributed by atoms with E-state index in [-0.39, 0.29) is 11.5 Å². The largest absolute Gasteiger partial charge is 0.372 e. The molecule has 1 atom stereocenters. The normalized spacial score (nSPS) is 23.8. The van der Waals surface area contributed by atoms with Gasteiger partial charge in [-0.2, -0.15) is 0 Å². The first-order valence-electron chi connectivity index (χ1n) is 6.83. The number of nitrogens with zero attached hydrogens (tertiary/aromatic N) is 1. The van der Waals surface area contributed by atoms with Gasteiger partial charge >= 0.3 is 0 Å². The van der Waals surface area contributed by atoms with Crippen LogP contribution in [0.4, 0.5) is 5.69 Å². The molecule has 1 aliphatic carbocycles. The highest BCUT2D eigenvalue weighted by molar-refractivity contribution is 5.52. The lowest BCUT2D eigenvalue weighted by Crippen LogP contribution is -2.31. The summed E-state index contributed by atoms with van der Waals surface area (Å²) in [5.41, 5.74) is 9.29. The zero-order valence-electron chi connectivity index (χ0n) is 10.7. The number of anilines is 1. The van der Waals surface area contributed by atoms with Gasteiger partial charge < -0.3 is 10.6 Å². The highest BCUT2D eigenvalue weighted by Crippen LogP contribution is 2.50. The lowest BCUT2D eigenvalue weighted by molar-refractivity contribution is 0.556. The second-order valence-corrected chi connectivity index (χ2v) is 5.69. The molecule has 0 aromatic heterocycles. The maximum absolute atomic E-state index is 6.15. The lowest BCUT2D eigenvalue weighted by atomic mass is 9.89. The van der Waals surface area contributed by atoms with E-state index in [0.717, 1.165) is 0 Å². The second kappa shape index (κ2) is 4.02. The summed E-state index contributed by atoms with van der Waals surface area (Å²) in [5.74, 6) is 0.